The summed E-state index contributed by atoms with van der Waals surface area (Å²) in [6, 6.07) is 5.21. The largest absolute Gasteiger partial charge is 0.376 e. The molecule has 2 N–H and O–H groups in total. The van der Waals surface area contributed by atoms with E-state index in [0.29, 0.717) is 29.7 Å². The fraction of sp³-hybridized carbons (Fsp3) is 0.350. The first-order valence-corrected chi connectivity index (χ1v) is 9.17. The van der Waals surface area contributed by atoms with Gasteiger partial charge in [0.1, 0.15) is 11.2 Å². The number of fused-ring (bicyclic) bond motifs is 1. The summed E-state index contributed by atoms with van der Waals surface area (Å²) < 4.78 is 22.6. The van der Waals surface area contributed by atoms with Crippen molar-refractivity contribution in [1.82, 2.24) is 19.7 Å². The average Bonchev–Trinajstić information content (AvgIpc) is 3.09. The second kappa shape index (κ2) is 7.29. The summed E-state index contributed by atoms with van der Waals surface area (Å²) in [5, 5.41) is 4.79. The van der Waals surface area contributed by atoms with Crippen molar-refractivity contribution in [2.24, 2.45) is 12.8 Å². The van der Waals surface area contributed by atoms with Crippen molar-refractivity contribution >= 4 is 16.8 Å². The topological polar surface area (TPSA) is 86.3 Å². The molecule has 0 spiro atoms. The molecule has 1 aliphatic rings. The highest BCUT2D eigenvalue weighted by molar-refractivity contribution is 6.01. The van der Waals surface area contributed by atoms with E-state index in [1.807, 2.05) is 13.0 Å². The molecule has 1 aromatic carbocycles. The van der Waals surface area contributed by atoms with E-state index in [4.69, 9.17) is 10.5 Å². The lowest BCUT2D eigenvalue weighted by atomic mass is 10.00. The Labute approximate surface area is 161 Å². The molecule has 0 bridgehead atoms. The lowest BCUT2D eigenvalue weighted by Crippen LogP contribution is -2.40. The number of carbonyl (C=O) groups excluding carboxylic acids is 1. The maximum Gasteiger partial charge on any atom is 0.267 e. The normalized spacial score (nSPS) is 17.9. The van der Waals surface area contributed by atoms with Crippen molar-refractivity contribution in [3.63, 3.8) is 0 Å². The van der Waals surface area contributed by atoms with Gasteiger partial charge < -0.3 is 10.5 Å². The minimum Gasteiger partial charge on any atom is -0.376 e. The molecule has 1 amide bonds. The number of nitrogens with two attached hydrogens (primary N) is 1. The van der Waals surface area contributed by atoms with Crippen molar-refractivity contribution in [3.05, 3.63) is 47.7 Å². The molecule has 3 heterocycles. The zero-order valence-corrected chi connectivity index (χ0v) is 15.9. The second-order valence-electron chi connectivity index (χ2n) is 7.17. The molecule has 1 atom stereocenters. The monoisotopic (exact) mass is 383 g/mol. The second-order valence-corrected chi connectivity index (χ2v) is 7.17. The van der Waals surface area contributed by atoms with Crippen LogP contribution in [0.3, 0.4) is 0 Å². The van der Waals surface area contributed by atoms with Gasteiger partial charge in [-0.3, -0.25) is 14.4 Å². The number of carbonyl (C=O) groups is 1. The molecule has 7 nitrogen and oxygen atoms in total. The van der Waals surface area contributed by atoms with E-state index >= 15 is 4.39 Å². The van der Waals surface area contributed by atoms with Gasteiger partial charge in [-0.05, 0) is 18.6 Å². The van der Waals surface area contributed by atoms with Crippen LogP contribution in [0, 0.1) is 5.82 Å². The molecular weight excluding hydrogens is 361 g/mol. The summed E-state index contributed by atoms with van der Waals surface area (Å²) in [6.45, 7) is 4.58. The van der Waals surface area contributed by atoms with Crippen LogP contribution in [0.15, 0.2) is 30.6 Å². The minimum atomic E-state index is -0.696. The fourth-order valence-corrected chi connectivity index (χ4v) is 3.62. The molecule has 1 fully saturated rings. The van der Waals surface area contributed by atoms with Crippen LogP contribution < -0.4 is 5.73 Å². The SMILES string of the molecule is C[C@H]1CN(Cc2ccc3c(-c4cnn(C)c4)cc(C(N)=O)nc3c2F)CCO1. The average molecular weight is 383 g/mol. The number of halogens is 1. The first-order chi connectivity index (χ1) is 13.4. The lowest BCUT2D eigenvalue weighted by molar-refractivity contribution is -0.0214. The van der Waals surface area contributed by atoms with Crippen LogP contribution in [-0.4, -0.2) is 51.4 Å². The molecule has 4 rings (SSSR count). The van der Waals surface area contributed by atoms with Crippen LogP contribution in [0.1, 0.15) is 23.0 Å². The van der Waals surface area contributed by atoms with Gasteiger partial charge in [0.15, 0.2) is 5.82 Å². The lowest BCUT2D eigenvalue weighted by Gasteiger charge is -2.31. The van der Waals surface area contributed by atoms with E-state index in [-0.39, 0.29) is 17.3 Å². The van der Waals surface area contributed by atoms with Gasteiger partial charge >= 0.3 is 0 Å². The smallest absolute Gasteiger partial charge is 0.267 e. The Balaban J connectivity index is 1.81. The first-order valence-electron chi connectivity index (χ1n) is 9.17. The van der Waals surface area contributed by atoms with Gasteiger partial charge in [-0.25, -0.2) is 9.37 Å². The van der Waals surface area contributed by atoms with Crippen molar-refractivity contribution in [2.75, 3.05) is 19.7 Å². The molecule has 3 aromatic rings. The Hall–Kier alpha value is -2.84. The van der Waals surface area contributed by atoms with Crippen LogP contribution in [0.25, 0.3) is 22.0 Å². The summed E-state index contributed by atoms with van der Waals surface area (Å²) in [6.07, 6.45) is 3.59. The molecule has 0 unspecified atom stereocenters. The maximum absolute atomic E-state index is 15.4. The molecule has 0 aliphatic carbocycles. The number of pyridine rings is 1. The number of aryl methyl sites for hydroxylation is 1. The molecular formula is C20H22FN5O2. The highest BCUT2D eigenvalue weighted by atomic mass is 19.1. The van der Waals surface area contributed by atoms with E-state index in [9.17, 15) is 4.79 Å². The Bertz CT molecular complexity index is 1050. The standard InChI is InChI=1S/C20H22FN5O2/c1-12-9-26(5-6-28-12)11-13-3-4-15-16(14-8-23-25(2)10-14)7-17(20(22)27)24-19(15)18(13)21/h3-4,7-8,10,12H,5-6,9,11H2,1-2H3,(H2,22,27)/t12-/m0/s1. The Morgan fingerprint density at radius 1 is 1.43 bits per heavy atom. The maximum atomic E-state index is 15.4. The van der Waals surface area contributed by atoms with Crippen LogP contribution in [0.4, 0.5) is 4.39 Å². The van der Waals surface area contributed by atoms with Crippen LogP contribution in [-0.2, 0) is 18.3 Å². The quantitative estimate of drug-likeness (QED) is 0.746. The number of rotatable bonds is 4. The third-order valence-electron chi connectivity index (χ3n) is 4.99. The number of aromatic nitrogens is 3. The van der Waals surface area contributed by atoms with Gasteiger partial charge in [-0.1, -0.05) is 12.1 Å². The molecule has 0 radical (unpaired) electrons. The van der Waals surface area contributed by atoms with Crippen LogP contribution in [0.2, 0.25) is 0 Å². The predicted molar refractivity (Wildman–Crippen MR) is 103 cm³/mol. The van der Waals surface area contributed by atoms with Gasteiger partial charge in [0.2, 0.25) is 0 Å². The number of ether oxygens (including phenoxy) is 1. The first kappa shape index (κ1) is 18.5. The number of amides is 1. The third kappa shape index (κ3) is 3.48. The summed E-state index contributed by atoms with van der Waals surface area (Å²) in [7, 11) is 1.80. The summed E-state index contributed by atoms with van der Waals surface area (Å²) in [5.74, 6) is -1.12. The van der Waals surface area contributed by atoms with E-state index in [0.717, 1.165) is 18.7 Å². The predicted octanol–water partition coefficient (Wildman–Crippen LogP) is 2.09. The third-order valence-corrected chi connectivity index (χ3v) is 4.99. The number of hydrogen-bond acceptors (Lipinski definition) is 5. The highest BCUT2D eigenvalue weighted by Gasteiger charge is 2.21. The molecule has 0 saturated carbocycles. The molecule has 146 valence electrons. The van der Waals surface area contributed by atoms with Crippen molar-refractivity contribution in [1.29, 1.82) is 0 Å². The number of morpholine rings is 1. The highest BCUT2D eigenvalue weighted by Crippen LogP contribution is 2.31. The van der Waals surface area contributed by atoms with Gasteiger partial charge in [-0.2, -0.15) is 5.10 Å². The van der Waals surface area contributed by atoms with E-state index in [2.05, 4.69) is 15.0 Å². The number of hydrogen-bond donors (Lipinski definition) is 1. The van der Waals surface area contributed by atoms with Crippen LogP contribution >= 0.6 is 0 Å². The van der Waals surface area contributed by atoms with E-state index < -0.39 is 11.7 Å². The van der Waals surface area contributed by atoms with Crippen molar-refractivity contribution in [3.8, 4) is 11.1 Å². The van der Waals surface area contributed by atoms with E-state index in [1.54, 1.807) is 36.3 Å². The zero-order valence-electron chi connectivity index (χ0n) is 15.9. The summed E-state index contributed by atoms with van der Waals surface area (Å²) in [5.41, 5.74) is 7.60. The molecule has 28 heavy (non-hydrogen) atoms. The zero-order chi connectivity index (χ0) is 19.8. The fourth-order valence-electron chi connectivity index (χ4n) is 3.62. The molecule has 2 aromatic heterocycles. The number of benzene rings is 1. The van der Waals surface area contributed by atoms with Crippen LogP contribution in [0.5, 0.6) is 0 Å². The summed E-state index contributed by atoms with van der Waals surface area (Å²) in [4.78, 5) is 18.1. The number of nitrogens with zero attached hydrogens (tertiary/aromatic N) is 4. The minimum absolute atomic E-state index is 0.0300. The van der Waals surface area contributed by atoms with Crippen molar-refractivity contribution < 1.29 is 13.9 Å². The van der Waals surface area contributed by atoms with E-state index in [1.165, 1.54) is 0 Å². The van der Waals surface area contributed by atoms with Gasteiger partial charge in [-0.15, -0.1) is 0 Å². The molecule has 1 aliphatic heterocycles. The Morgan fingerprint density at radius 2 is 2.25 bits per heavy atom. The van der Waals surface area contributed by atoms with Gasteiger partial charge in [0, 0.05) is 49.4 Å². The van der Waals surface area contributed by atoms with Crippen molar-refractivity contribution in [2.45, 2.75) is 19.6 Å². The Morgan fingerprint density at radius 3 is 2.93 bits per heavy atom. The number of primary amides is 1. The van der Waals surface area contributed by atoms with Gasteiger partial charge in [0.05, 0.1) is 18.9 Å². The summed E-state index contributed by atoms with van der Waals surface area (Å²) >= 11 is 0. The van der Waals surface area contributed by atoms with Gasteiger partial charge in [0.25, 0.3) is 5.91 Å². The Kier molecular flexibility index (Phi) is 4.82. The molecule has 1 saturated heterocycles. The molecule has 8 heteroatoms.